The molecule has 0 aromatic heterocycles. The molecule has 0 bridgehead atoms. The third-order valence-corrected chi connectivity index (χ3v) is 2.96. The van der Waals surface area contributed by atoms with Crippen LogP contribution in [0.1, 0.15) is 11.1 Å². The Labute approximate surface area is 106 Å². The number of rotatable bonds is 3. The Bertz CT molecular complexity index is 476. The zero-order valence-corrected chi connectivity index (χ0v) is 10.6. The zero-order chi connectivity index (χ0) is 13.1. The molecular formula is C14H17NO3. The molecule has 2 rings (SSSR count). The molecule has 1 N–H and O–H groups in total. The van der Waals surface area contributed by atoms with Crippen molar-refractivity contribution in [3.63, 3.8) is 0 Å². The lowest BCUT2D eigenvalue weighted by Gasteiger charge is -2.34. The number of β-amino-alcohol motifs (C(OH)–C–C–N with tert-alkyl or cyclic N) is 1. The van der Waals surface area contributed by atoms with Gasteiger partial charge in [0.1, 0.15) is 5.75 Å². The van der Waals surface area contributed by atoms with Crippen molar-refractivity contribution in [1.82, 2.24) is 4.90 Å². The number of aryl methyl sites for hydroxylation is 1. The van der Waals surface area contributed by atoms with Crippen LogP contribution in [-0.2, 0) is 4.79 Å². The number of aliphatic hydroxyl groups excluding tert-OH is 1. The van der Waals surface area contributed by atoms with Gasteiger partial charge in [-0.3, -0.25) is 4.79 Å². The minimum absolute atomic E-state index is 0.0798. The molecule has 0 atom stereocenters. The number of amides is 1. The van der Waals surface area contributed by atoms with Crippen LogP contribution >= 0.6 is 0 Å². The van der Waals surface area contributed by atoms with Crippen LogP contribution in [0.4, 0.5) is 0 Å². The van der Waals surface area contributed by atoms with E-state index in [9.17, 15) is 4.79 Å². The number of nitrogens with zero attached hydrogens (tertiary/aromatic N) is 1. The van der Waals surface area contributed by atoms with Crippen molar-refractivity contribution in [3.8, 4) is 5.75 Å². The average molecular weight is 247 g/mol. The first-order valence-electron chi connectivity index (χ1n) is 5.90. The van der Waals surface area contributed by atoms with Crippen LogP contribution in [0.2, 0.25) is 0 Å². The van der Waals surface area contributed by atoms with Crippen molar-refractivity contribution in [1.29, 1.82) is 0 Å². The van der Waals surface area contributed by atoms with Crippen LogP contribution in [0.3, 0.4) is 0 Å². The maximum Gasteiger partial charge on any atom is 0.246 e. The van der Waals surface area contributed by atoms with Crippen molar-refractivity contribution in [3.05, 3.63) is 35.4 Å². The molecule has 4 nitrogen and oxygen atoms in total. The highest BCUT2D eigenvalue weighted by molar-refractivity contribution is 5.92. The average Bonchev–Trinajstić information content (AvgIpc) is 2.32. The molecule has 1 aliphatic heterocycles. The van der Waals surface area contributed by atoms with Gasteiger partial charge in [0.25, 0.3) is 0 Å². The normalized spacial score (nSPS) is 15.8. The summed E-state index contributed by atoms with van der Waals surface area (Å²) >= 11 is 0. The molecule has 0 unspecified atom stereocenters. The minimum atomic E-state index is -0.365. The highest BCUT2D eigenvalue weighted by Crippen LogP contribution is 2.21. The summed E-state index contributed by atoms with van der Waals surface area (Å²) in [5.41, 5.74) is 1.99. The van der Waals surface area contributed by atoms with Crippen LogP contribution in [0.15, 0.2) is 24.3 Å². The van der Waals surface area contributed by atoms with Gasteiger partial charge in [-0.2, -0.15) is 0 Å². The predicted molar refractivity (Wildman–Crippen MR) is 69.4 cm³/mol. The van der Waals surface area contributed by atoms with Crippen LogP contribution in [0.25, 0.3) is 6.08 Å². The summed E-state index contributed by atoms with van der Waals surface area (Å²) in [4.78, 5) is 13.3. The fourth-order valence-corrected chi connectivity index (χ4v) is 1.89. The molecule has 1 heterocycles. The van der Waals surface area contributed by atoms with Crippen LogP contribution in [-0.4, -0.2) is 42.2 Å². The van der Waals surface area contributed by atoms with Gasteiger partial charge in [0.05, 0.1) is 13.2 Å². The van der Waals surface area contributed by atoms with E-state index >= 15 is 0 Å². The highest BCUT2D eigenvalue weighted by Gasteiger charge is 2.27. The lowest BCUT2D eigenvalue weighted by atomic mass is 10.1. The van der Waals surface area contributed by atoms with E-state index in [-0.39, 0.29) is 12.0 Å². The maximum absolute atomic E-state index is 11.7. The topological polar surface area (TPSA) is 49.8 Å². The van der Waals surface area contributed by atoms with Crippen molar-refractivity contribution >= 4 is 12.0 Å². The number of aliphatic hydroxyl groups is 1. The largest absolute Gasteiger partial charge is 0.496 e. The first kappa shape index (κ1) is 12.6. The number of ether oxygens (including phenoxy) is 1. The summed E-state index contributed by atoms with van der Waals surface area (Å²) in [7, 11) is 1.61. The summed E-state index contributed by atoms with van der Waals surface area (Å²) in [6.45, 7) is 2.84. The number of methoxy groups -OCH3 is 1. The molecule has 0 spiro atoms. The van der Waals surface area contributed by atoms with Gasteiger partial charge < -0.3 is 14.7 Å². The van der Waals surface area contributed by atoms with Gasteiger partial charge in [0, 0.05) is 24.7 Å². The summed E-state index contributed by atoms with van der Waals surface area (Å²) in [6, 6.07) is 5.81. The quantitative estimate of drug-likeness (QED) is 0.817. The second kappa shape index (κ2) is 5.23. The molecule has 96 valence electrons. The van der Waals surface area contributed by atoms with E-state index in [0.29, 0.717) is 13.1 Å². The molecule has 1 aromatic rings. The maximum atomic E-state index is 11.7. The molecule has 18 heavy (non-hydrogen) atoms. The number of hydrogen-bond donors (Lipinski definition) is 1. The van der Waals surface area contributed by atoms with Crippen molar-refractivity contribution in [2.45, 2.75) is 13.0 Å². The van der Waals surface area contributed by atoms with Gasteiger partial charge in [0.2, 0.25) is 5.91 Å². The molecule has 0 saturated carbocycles. The summed E-state index contributed by atoms with van der Waals surface area (Å²) in [5, 5.41) is 9.13. The fraction of sp³-hybridized carbons (Fsp3) is 0.357. The molecule has 4 heteroatoms. The Balaban J connectivity index is 2.08. The van der Waals surface area contributed by atoms with Gasteiger partial charge >= 0.3 is 0 Å². The third-order valence-electron chi connectivity index (χ3n) is 2.96. The first-order chi connectivity index (χ1) is 8.60. The lowest BCUT2D eigenvalue weighted by Crippen LogP contribution is -2.52. The van der Waals surface area contributed by atoms with Gasteiger partial charge in [0.15, 0.2) is 0 Å². The number of carbonyl (C=O) groups is 1. The lowest BCUT2D eigenvalue weighted by molar-refractivity contribution is -0.135. The summed E-state index contributed by atoms with van der Waals surface area (Å²) in [6.07, 6.45) is 2.90. The van der Waals surface area contributed by atoms with Crippen LogP contribution < -0.4 is 4.74 Å². The van der Waals surface area contributed by atoms with Crippen molar-refractivity contribution in [2.75, 3.05) is 20.2 Å². The Morgan fingerprint density at radius 3 is 2.83 bits per heavy atom. The second-order valence-corrected chi connectivity index (χ2v) is 4.48. The van der Waals surface area contributed by atoms with Crippen molar-refractivity contribution < 1.29 is 14.6 Å². The van der Waals surface area contributed by atoms with E-state index in [1.807, 2.05) is 25.1 Å². The molecule has 1 saturated heterocycles. The SMILES string of the molecule is COc1ccc(C)cc1C=CC(=O)N1CC(O)C1. The molecule has 0 aliphatic carbocycles. The van der Waals surface area contributed by atoms with Crippen LogP contribution in [0, 0.1) is 6.92 Å². The highest BCUT2D eigenvalue weighted by atomic mass is 16.5. The van der Waals surface area contributed by atoms with Gasteiger partial charge in [-0.1, -0.05) is 11.6 Å². The standard InChI is InChI=1S/C14H17NO3/c1-10-3-5-13(18-2)11(7-10)4-6-14(17)15-8-12(16)9-15/h3-7,12,16H,8-9H2,1-2H3. The second-order valence-electron chi connectivity index (χ2n) is 4.48. The Morgan fingerprint density at radius 1 is 1.50 bits per heavy atom. The molecule has 1 aromatic carbocycles. The predicted octanol–water partition coefficient (Wildman–Crippen LogP) is 1.22. The molecule has 1 fully saturated rings. The van der Waals surface area contributed by atoms with E-state index in [1.165, 1.54) is 6.08 Å². The van der Waals surface area contributed by atoms with Gasteiger partial charge in [-0.15, -0.1) is 0 Å². The van der Waals surface area contributed by atoms with E-state index in [2.05, 4.69) is 0 Å². The minimum Gasteiger partial charge on any atom is -0.496 e. The molecule has 0 radical (unpaired) electrons. The van der Waals surface area contributed by atoms with Crippen LogP contribution in [0.5, 0.6) is 5.75 Å². The third kappa shape index (κ3) is 2.71. The number of benzene rings is 1. The Hall–Kier alpha value is -1.81. The van der Waals surface area contributed by atoms with E-state index in [4.69, 9.17) is 9.84 Å². The Morgan fingerprint density at radius 2 is 2.22 bits per heavy atom. The number of likely N-dealkylation sites (tertiary alicyclic amines) is 1. The summed E-state index contributed by atoms with van der Waals surface area (Å²) in [5.74, 6) is 0.664. The van der Waals surface area contributed by atoms with Crippen molar-refractivity contribution in [2.24, 2.45) is 0 Å². The zero-order valence-electron chi connectivity index (χ0n) is 10.6. The number of carbonyl (C=O) groups excluding carboxylic acids is 1. The van der Waals surface area contributed by atoms with E-state index in [0.717, 1.165) is 16.9 Å². The van der Waals surface area contributed by atoms with E-state index < -0.39 is 0 Å². The summed E-state index contributed by atoms with van der Waals surface area (Å²) < 4.78 is 5.23. The molecular weight excluding hydrogens is 230 g/mol. The van der Waals surface area contributed by atoms with Gasteiger partial charge in [-0.25, -0.2) is 0 Å². The monoisotopic (exact) mass is 247 g/mol. The number of hydrogen-bond acceptors (Lipinski definition) is 3. The molecule has 1 aliphatic rings. The van der Waals surface area contributed by atoms with E-state index in [1.54, 1.807) is 18.1 Å². The first-order valence-corrected chi connectivity index (χ1v) is 5.90. The molecule has 1 amide bonds. The van der Waals surface area contributed by atoms with Gasteiger partial charge in [-0.05, 0) is 25.1 Å². The Kier molecular flexibility index (Phi) is 3.67. The smallest absolute Gasteiger partial charge is 0.246 e. The fourth-order valence-electron chi connectivity index (χ4n) is 1.89.